The molecule has 6 nitrogen and oxygen atoms in total. The average Bonchev–Trinajstić information content (AvgIpc) is 2.56. The van der Waals surface area contributed by atoms with Gasteiger partial charge < -0.3 is 15.2 Å². The van der Waals surface area contributed by atoms with Gasteiger partial charge in [-0.3, -0.25) is 4.79 Å². The van der Waals surface area contributed by atoms with Gasteiger partial charge in [0.15, 0.2) is 0 Å². The quantitative estimate of drug-likeness (QED) is 0.731. The van der Waals surface area contributed by atoms with Crippen molar-refractivity contribution >= 4 is 17.7 Å². The van der Waals surface area contributed by atoms with Crippen molar-refractivity contribution in [3.63, 3.8) is 0 Å². The van der Waals surface area contributed by atoms with Gasteiger partial charge in [0.1, 0.15) is 11.4 Å². The number of carboxylic acids is 1. The lowest BCUT2D eigenvalue weighted by atomic mass is 10.2. The average molecular weight is 314 g/mol. The number of benzene rings is 1. The first-order valence-electron chi connectivity index (χ1n) is 7.26. The molecule has 2 aromatic rings. The van der Waals surface area contributed by atoms with Crippen LogP contribution in [0.2, 0.25) is 0 Å². The van der Waals surface area contributed by atoms with Gasteiger partial charge in [-0.15, -0.1) is 0 Å². The van der Waals surface area contributed by atoms with Crippen LogP contribution in [0.3, 0.4) is 0 Å². The van der Waals surface area contributed by atoms with Gasteiger partial charge in [0.2, 0.25) is 5.91 Å². The van der Waals surface area contributed by atoms with Crippen LogP contribution >= 0.6 is 0 Å². The summed E-state index contributed by atoms with van der Waals surface area (Å²) in [5.41, 5.74) is 1.05. The van der Waals surface area contributed by atoms with Gasteiger partial charge in [-0.05, 0) is 24.1 Å². The van der Waals surface area contributed by atoms with E-state index in [1.807, 2.05) is 30.3 Å². The van der Waals surface area contributed by atoms with Crippen LogP contribution in [0.4, 0.5) is 5.82 Å². The maximum Gasteiger partial charge on any atom is 0.339 e. The number of carboxylic acid groups (broad SMARTS) is 1. The summed E-state index contributed by atoms with van der Waals surface area (Å²) in [7, 11) is 0. The molecule has 1 aromatic carbocycles. The molecule has 2 N–H and O–H groups in total. The van der Waals surface area contributed by atoms with Crippen LogP contribution in [0.25, 0.3) is 0 Å². The van der Waals surface area contributed by atoms with Crippen molar-refractivity contribution in [3.05, 3.63) is 59.8 Å². The normalized spacial score (nSPS) is 10.3. The molecule has 0 radical (unpaired) electrons. The summed E-state index contributed by atoms with van der Waals surface area (Å²) in [5, 5.41) is 11.5. The zero-order chi connectivity index (χ0) is 16.5. The maximum atomic E-state index is 11.8. The number of amides is 1. The van der Waals surface area contributed by atoms with E-state index in [0.717, 1.165) is 5.56 Å². The SMILES string of the molecule is O=C(CCCOCc1ccccc1)Nc1ncccc1C(=O)O. The summed E-state index contributed by atoms with van der Waals surface area (Å²) in [6, 6.07) is 12.7. The van der Waals surface area contributed by atoms with E-state index in [0.29, 0.717) is 19.6 Å². The first-order valence-corrected chi connectivity index (χ1v) is 7.26. The van der Waals surface area contributed by atoms with Crippen molar-refractivity contribution in [3.8, 4) is 0 Å². The molecule has 1 amide bonds. The number of hydrogen-bond donors (Lipinski definition) is 2. The standard InChI is InChI=1S/C17H18N2O4/c20-15(19-16-14(17(21)22)8-4-10-18-16)9-5-11-23-12-13-6-2-1-3-7-13/h1-4,6-8,10H,5,9,11-12H2,(H,21,22)(H,18,19,20). The number of carbonyl (C=O) groups excluding carboxylic acids is 1. The minimum Gasteiger partial charge on any atom is -0.478 e. The second-order valence-electron chi connectivity index (χ2n) is 4.89. The van der Waals surface area contributed by atoms with E-state index in [9.17, 15) is 9.59 Å². The molecule has 0 aliphatic heterocycles. The molecule has 120 valence electrons. The highest BCUT2D eigenvalue weighted by molar-refractivity contribution is 5.99. The molecular weight excluding hydrogens is 296 g/mol. The molecule has 0 saturated carbocycles. The van der Waals surface area contributed by atoms with Crippen LogP contribution in [-0.4, -0.2) is 28.6 Å². The van der Waals surface area contributed by atoms with Crippen LogP contribution < -0.4 is 5.32 Å². The zero-order valence-corrected chi connectivity index (χ0v) is 12.6. The third kappa shape index (κ3) is 5.52. The third-order valence-electron chi connectivity index (χ3n) is 3.10. The fourth-order valence-electron chi connectivity index (χ4n) is 1.97. The lowest BCUT2D eigenvalue weighted by Gasteiger charge is -2.07. The summed E-state index contributed by atoms with van der Waals surface area (Å²) in [4.78, 5) is 26.7. The Kier molecular flexibility index (Phi) is 6.26. The Bertz CT molecular complexity index is 659. The largest absolute Gasteiger partial charge is 0.478 e. The van der Waals surface area contributed by atoms with Crippen LogP contribution in [-0.2, 0) is 16.1 Å². The topological polar surface area (TPSA) is 88.5 Å². The summed E-state index contributed by atoms with van der Waals surface area (Å²) >= 11 is 0. The van der Waals surface area contributed by atoms with Crippen LogP contribution in [0.1, 0.15) is 28.8 Å². The van der Waals surface area contributed by atoms with Gasteiger partial charge in [0.25, 0.3) is 0 Å². The van der Waals surface area contributed by atoms with Crippen LogP contribution in [0.15, 0.2) is 48.7 Å². The van der Waals surface area contributed by atoms with E-state index >= 15 is 0 Å². The van der Waals surface area contributed by atoms with Crippen molar-refractivity contribution < 1.29 is 19.4 Å². The molecule has 6 heteroatoms. The highest BCUT2D eigenvalue weighted by atomic mass is 16.5. The molecular formula is C17H18N2O4. The van der Waals surface area contributed by atoms with Gasteiger partial charge in [-0.1, -0.05) is 30.3 Å². The number of aromatic nitrogens is 1. The fraction of sp³-hybridized carbons (Fsp3) is 0.235. The lowest BCUT2D eigenvalue weighted by Crippen LogP contribution is -2.16. The molecule has 1 aromatic heterocycles. The molecule has 1 heterocycles. The summed E-state index contributed by atoms with van der Waals surface area (Å²) in [6.07, 6.45) is 2.23. The predicted octanol–water partition coefficient (Wildman–Crippen LogP) is 2.72. The molecule has 23 heavy (non-hydrogen) atoms. The number of nitrogens with one attached hydrogen (secondary N) is 1. The van der Waals surface area contributed by atoms with E-state index in [1.54, 1.807) is 0 Å². The van der Waals surface area contributed by atoms with Gasteiger partial charge in [-0.2, -0.15) is 0 Å². The van der Waals surface area contributed by atoms with Gasteiger partial charge >= 0.3 is 5.97 Å². The van der Waals surface area contributed by atoms with Crippen LogP contribution in [0, 0.1) is 0 Å². The summed E-state index contributed by atoms with van der Waals surface area (Å²) in [6.45, 7) is 0.960. The first-order chi connectivity index (χ1) is 11.2. The number of nitrogens with zero attached hydrogens (tertiary/aromatic N) is 1. The van der Waals surface area contributed by atoms with E-state index in [1.165, 1.54) is 18.3 Å². The smallest absolute Gasteiger partial charge is 0.339 e. The highest BCUT2D eigenvalue weighted by Crippen LogP contribution is 2.11. The van der Waals surface area contributed by atoms with E-state index in [2.05, 4.69) is 10.3 Å². The highest BCUT2D eigenvalue weighted by Gasteiger charge is 2.12. The number of anilines is 1. The fourth-order valence-corrected chi connectivity index (χ4v) is 1.97. The third-order valence-corrected chi connectivity index (χ3v) is 3.10. The number of ether oxygens (including phenoxy) is 1. The van der Waals surface area contributed by atoms with Gasteiger partial charge in [0, 0.05) is 19.2 Å². The molecule has 0 aliphatic rings. The van der Waals surface area contributed by atoms with Crippen molar-refractivity contribution in [2.24, 2.45) is 0 Å². The Morgan fingerprint density at radius 1 is 1.13 bits per heavy atom. The van der Waals surface area contributed by atoms with Crippen LogP contribution in [0.5, 0.6) is 0 Å². The minimum absolute atomic E-state index is 0.0267. The maximum absolute atomic E-state index is 11.8. The molecule has 0 spiro atoms. The first kappa shape index (κ1) is 16.6. The Labute approximate surface area is 134 Å². The number of hydrogen-bond acceptors (Lipinski definition) is 4. The number of aromatic carboxylic acids is 1. The van der Waals surface area contributed by atoms with E-state index in [-0.39, 0.29) is 23.7 Å². The molecule has 0 saturated heterocycles. The second kappa shape index (κ2) is 8.65. The lowest BCUT2D eigenvalue weighted by molar-refractivity contribution is -0.116. The van der Waals surface area contributed by atoms with E-state index in [4.69, 9.17) is 9.84 Å². The molecule has 0 unspecified atom stereocenters. The van der Waals surface area contributed by atoms with Crippen molar-refractivity contribution in [1.82, 2.24) is 4.98 Å². The zero-order valence-electron chi connectivity index (χ0n) is 12.6. The summed E-state index contributed by atoms with van der Waals surface area (Å²) in [5.74, 6) is -1.34. The van der Waals surface area contributed by atoms with Crippen molar-refractivity contribution in [1.29, 1.82) is 0 Å². The second-order valence-corrected chi connectivity index (χ2v) is 4.89. The molecule has 0 atom stereocenters. The number of rotatable bonds is 8. The van der Waals surface area contributed by atoms with E-state index < -0.39 is 5.97 Å². The molecule has 0 aliphatic carbocycles. The van der Waals surface area contributed by atoms with Crippen molar-refractivity contribution in [2.45, 2.75) is 19.4 Å². The minimum atomic E-state index is -1.13. The predicted molar refractivity (Wildman–Crippen MR) is 85.2 cm³/mol. The number of pyridine rings is 1. The molecule has 0 fully saturated rings. The monoisotopic (exact) mass is 314 g/mol. The Morgan fingerprint density at radius 3 is 2.65 bits per heavy atom. The molecule has 2 rings (SSSR count). The van der Waals surface area contributed by atoms with Gasteiger partial charge in [0.05, 0.1) is 6.61 Å². The Hall–Kier alpha value is -2.73. The molecule has 0 bridgehead atoms. The Morgan fingerprint density at radius 2 is 1.91 bits per heavy atom. The van der Waals surface area contributed by atoms with Crippen molar-refractivity contribution in [2.75, 3.05) is 11.9 Å². The number of carbonyl (C=O) groups is 2. The Balaban J connectivity index is 1.70. The van der Waals surface area contributed by atoms with Gasteiger partial charge in [-0.25, -0.2) is 9.78 Å². The summed E-state index contributed by atoms with van der Waals surface area (Å²) < 4.78 is 5.49.